The van der Waals surface area contributed by atoms with Crippen LogP contribution in [-0.2, 0) is 9.59 Å². The van der Waals surface area contributed by atoms with E-state index >= 15 is 0 Å². The van der Waals surface area contributed by atoms with E-state index in [1.54, 1.807) is 26.8 Å². The summed E-state index contributed by atoms with van der Waals surface area (Å²) >= 11 is 0. The second-order valence-electron chi connectivity index (χ2n) is 7.12. The van der Waals surface area contributed by atoms with Gasteiger partial charge in [-0.1, -0.05) is 24.9 Å². The molecule has 1 atom stereocenters. The first-order valence-corrected chi connectivity index (χ1v) is 8.39. The first-order chi connectivity index (χ1) is 12.5. The van der Waals surface area contributed by atoms with Gasteiger partial charge in [0.15, 0.2) is 0 Å². The van der Waals surface area contributed by atoms with Crippen molar-refractivity contribution in [1.82, 2.24) is 5.16 Å². The molecule has 1 aromatic heterocycles. The third kappa shape index (κ3) is 4.23. The number of carbonyl (C=O) groups excluding carboxylic acids is 2. The topological polar surface area (TPSA) is 110 Å². The van der Waals surface area contributed by atoms with Crippen LogP contribution in [0.2, 0.25) is 0 Å². The number of amides is 1. The fraction of sp³-hybridized carbons (Fsp3) is 0.400. The average molecular weight is 370 g/mol. The maximum absolute atomic E-state index is 12.7. The van der Waals surface area contributed by atoms with Gasteiger partial charge >= 0.3 is 5.63 Å². The molecule has 0 aliphatic heterocycles. The van der Waals surface area contributed by atoms with Gasteiger partial charge in [-0.05, 0) is 39.0 Å². The molecule has 7 nitrogen and oxygen atoms in total. The minimum absolute atomic E-state index is 0.153. The Morgan fingerprint density at radius 1 is 1.30 bits per heavy atom. The Hall–Kier alpha value is -2.98. The normalized spacial score (nSPS) is 13.4. The van der Waals surface area contributed by atoms with Crippen LogP contribution in [0.3, 0.4) is 0 Å². The van der Waals surface area contributed by atoms with Crippen LogP contribution in [0, 0.1) is 24.2 Å². The van der Waals surface area contributed by atoms with Gasteiger partial charge in [-0.3, -0.25) is 9.59 Å². The number of aromatic nitrogens is 1. The van der Waals surface area contributed by atoms with Gasteiger partial charge in [0, 0.05) is 22.9 Å². The summed E-state index contributed by atoms with van der Waals surface area (Å²) in [7, 11) is 0. The van der Waals surface area contributed by atoms with Gasteiger partial charge in [-0.25, -0.2) is 4.79 Å². The number of aliphatic hydroxyl groups is 1. The number of nitrogens with zero attached hydrogens (tertiary/aromatic N) is 1. The lowest BCUT2D eigenvalue weighted by Gasteiger charge is -2.30. The smallest absolute Gasteiger partial charge is 0.366 e. The van der Waals surface area contributed by atoms with E-state index in [-0.39, 0.29) is 12.2 Å². The SMILES string of the molecule is CC#CC(O)(CC(C)(C)C(C)=O)C(=O)Nc1ccc2c(=O)onc(C)c2c1. The van der Waals surface area contributed by atoms with E-state index < -0.39 is 22.5 Å². The Kier molecular flexibility index (Phi) is 5.52. The summed E-state index contributed by atoms with van der Waals surface area (Å²) in [5, 5.41) is 18.0. The molecule has 0 bridgehead atoms. The highest BCUT2D eigenvalue weighted by atomic mass is 16.5. The summed E-state index contributed by atoms with van der Waals surface area (Å²) in [6.07, 6.45) is -0.153. The maximum atomic E-state index is 12.7. The Morgan fingerprint density at radius 3 is 2.56 bits per heavy atom. The Morgan fingerprint density at radius 2 is 1.96 bits per heavy atom. The molecule has 0 saturated carbocycles. The first-order valence-electron chi connectivity index (χ1n) is 8.39. The van der Waals surface area contributed by atoms with Crippen molar-refractivity contribution < 1.29 is 19.2 Å². The van der Waals surface area contributed by atoms with Crippen LogP contribution in [0.5, 0.6) is 0 Å². The predicted octanol–water partition coefficient (Wildman–Crippen LogP) is 2.19. The standard InChI is InChI=1S/C20H22N2O5/c1-6-9-20(26,11-19(4,5)13(3)23)18(25)21-14-7-8-15-16(10-14)12(2)22-27-17(15)24/h7-8,10,26H,11H2,1-5H3,(H,21,25). The molecule has 2 aromatic rings. The zero-order valence-corrected chi connectivity index (χ0v) is 16.0. The lowest BCUT2D eigenvalue weighted by Crippen LogP contribution is -2.46. The summed E-state index contributed by atoms with van der Waals surface area (Å²) in [5.74, 6) is 4.15. The summed E-state index contributed by atoms with van der Waals surface area (Å²) in [4.78, 5) is 36.3. The zero-order valence-electron chi connectivity index (χ0n) is 16.0. The van der Waals surface area contributed by atoms with Crippen molar-refractivity contribution in [3.05, 3.63) is 34.3 Å². The van der Waals surface area contributed by atoms with E-state index in [1.165, 1.54) is 26.0 Å². The van der Waals surface area contributed by atoms with E-state index in [2.05, 4.69) is 26.8 Å². The maximum Gasteiger partial charge on any atom is 0.366 e. The molecule has 7 heteroatoms. The van der Waals surface area contributed by atoms with Crippen molar-refractivity contribution in [2.75, 3.05) is 5.32 Å². The monoisotopic (exact) mass is 370 g/mol. The van der Waals surface area contributed by atoms with Gasteiger partial charge in [0.2, 0.25) is 5.60 Å². The van der Waals surface area contributed by atoms with Crippen molar-refractivity contribution in [3.8, 4) is 11.8 Å². The molecule has 0 spiro atoms. The number of fused-ring (bicyclic) bond motifs is 1. The molecule has 2 rings (SSSR count). The fourth-order valence-electron chi connectivity index (χ4n) is 2.69. The number of carbonyl (C=O) groups is 2. The number of rotatable bonds is 5. The predicted molar refractivity (Wildman–Crippen MR) is 101 cm³/mol. The second-order valence-corrected chi connectivity index (χ2v) is 7.12. The Balaban J connectivity index is 2.39. The number of hydrogen-bond donors (Lipinski definition) is 2. The summed E-state index contributed by atoms with van der Waals surface area (Å²) in [6, 6.07) is 4.60. The fourth-order valence-corrected chi connectivity index (χ4v) is 2.69. The molecule has 27 heavy (non-hydrogen) atoms. The van der Waals surface area contributed by atoms with Gasteiger partial charge in [-0.2, -0.15) is 0 Å². The minimum atomic E-state index is -2.04. The molecular weight excluding hydrogens is 348 g/mol. The number of aryl methyl sites for hydroxylation is 1. The number of hydrogen-bond acceptors (Lipinski definition) is 6. The van der Waals surface area contributed by atoms with Crippen LogP contribution in [0.1, 0.15) is 39.8 Å². The highest BCUT2D eigenvalue weighted by Crippen LogP contribution is 2.30. The molecular formula is C20H22N2O5. The number of Topliss-reactive ketones (excluding diaryl/α,β-unsaturated/α-hetero) is 1. The van der Waals surface area contributed by atoms with Crippen LogP contribution < -0.4 is 10.9 Å². The molecule has 0 saturated heterocycles. The molecule has 1 heterocycles. The van der Waals surface area contributed by atoms with Crippen molar-refractivity contribution in [2.24, 2.45) is 5.41 Å². The number of benzene rings is 1. The van der Waals surface area contributed by atoms with E-state index in [4.69, 9.17) is 0 Å². The number of anilines is 1. The third-order valence-corrected chi connectivity index (χ3v) is 4.51. The van der Waals surface area contributed by atoms with Crippen molar-refractivity contribution >= 4 is 28.2 Å². The molecule has 0 fully saturated rings. The van der Waals surface area contributed by atoms with E-state index in [0.29, 0.717) is 22.2 Å². The minimum Gasteiger partial charge on any atom is -0.369 e. The Bertz CT molecular complexity index is 1030. The molecule has 0 aliphatic rings. The highest BCUT2D eigenvalue weighted by molar-refractivity contribution is 6.01. The van der Waals surface area contributed by atoms with Crippen molar-refractivity contribution in [1.29, 1.82) is 0 Å². The molecule has 2 N–H and O–H groups in total. The van der Waals surface area contributed by atoms with E-state index in [0.717, 1.165) is 0 Å². The lowest BCUT2D eigenvalue weighted by molar-refractivity contribution is -0.135. The van der Waals surface area contributed by atoms with Gasteiger partial charge in [0.05, 0.1) is 11.1 Å². The lowest BCUT2D eigenvalue weighted by atomic mass is 9.77. The van der Waals surface area contributed by atoms with Crippen LogP contribution in [0.15, 0.2) is 27.5 Å². The van der Waals surface area contributed by atoms with E-state index in [9.17, 15) is 19.5 Å². The Labute approximate surface area is 156 Å². The summed E-state index contributed by atoms with van der Waals surface area (Å²) < 4.78 is 4.67. The average Bonchev–Trinajstić information content (AvgIpc) is 2.58. The summed E-state index contributed by atoms with van der Waals surface area (Å²) in [5.41, 5.74) is -2.70. The second kappa shape index (κ2) is 7.33. The largest absolute Gasteiger partial charge is 0.369 e. The molecule has 0 aliphatic carbocycles. The van der Waals surface area contributed by atoms with Crippen LogP contribution in [0.25, 0.3) is 10.8 Å². The summed E-state index contributed by atoms with van der Waals surface area (Å²) in [6.45, 7) is 7.88. The molecule has 1 unspecified atom stereocenters. The molecule has 1 aromatic carbocycles. The van der Waals surface area contributed by atoms with Gasteiger partial charge in [0.1, 0.15) is 5.78 Å². The molecule has 0 radical (unpaired) electrons. The first kappa shape index (κ1) is 20.3. The zero-order chi connectivity index (χ0) is 20.4. The van der Waals surface area contributed by atoms with Crippen molar-refractivity contribution in [3.63, 3.8) is 0 Å². The van der Waals surface area contributed by atoms with Gasteiger partial charge in [-0.15, -0.1) is 5.92 Å². The number of nitrogens with one attached hydrogen (secondary N) is 1. The van der Waals surface area contributed by atoms with Crippen LogP contribution in [0.4, 0.5) is 5.69 Å². The van der Waals surface area contributed by atoms with Crippen LogP contribution in [-0.4, -0.2) is 27.6 Å². The quantitative estimate of drug-likeness (QED) is 0.781. The van der Waals surface area contributed by atoms with E-state index in [1.807, 2.05) is 0 Å². The third-order valence-electron chi connectivity index (χ3n) is 4.51. The highest BCUT2D eigenvalue weighted by Gasteiger charge is 2.42. The van der Waals surface area contributed by atoms with Crippen molar-refractivity contribution in [2.45, 2.75) is 46.6 Å². The number of ketones is 1. The van der Waals surface area contributed by atoms with Crippen LogP contribution >= 0.6 is 0 Å². The molecule has 142 valence electrons. The van der Waals surface area contributed by atoms with Gasteiger partial charge < -0.3 is 14.9 Å². The van der Waals surface area contributed by atoms with Gasteiger partial charge in [0.25, 0.3) is 5.91 Å². The molecule has 1 amide bonds.